The van der Waals surface area contributed by atoms with Crippen molar-refractivity contribution in [3.63, 3.8) is 0 Å². The lowest BCUT2D eigenvalue weighted by atomic mass is 10.1. The summed E-state index contributed by atoms with van der Waals surface area (Å²) in [5.74, 6) is -0.766. The lowest BCUT2D eigenvalue weighted by Crippen LogP contribution is -2.41. The van der Waals surface area contributed by atoms with Crippen molar-refractivity contribution < 1.29 is 42.1 Å². The number of rotatable bonds is 23. The lowest BCUT2D eigenvalue weighted by Gasteiger charge is -2.32. The second-order valence-corrected chi connectivity index (χ2v) is 13.0. The number of unbranched alkanes of at least 4 members (excludes halogenated alkanes) is 1. The molecule has 0 saturated heterocycles. The number of sulfone groups is 1. The van der Waals surface area contributed by atoms with Crippen LogP contribution in [0.5, 0.6) is 0 Å². The molecule has 14 heteroatoms. The van der Waals surface area contributed by atoms with Crippen LogP contribution < -0.4 is 5.48 Å². The highest BCUT2D eigenvalue weighted by molar-refractivity contribution is 7.96. The number of hydroxylamine groups is 1. The largest absolute Gasteiger partial charge is 0.462 e. The summed E-state index contributed by atoms with van der Waals surface area (Å²) >= 11 is 0. The van der Waals surface area contributed by atoms with E-state index in [4.69, 9.17) is 24.6 Å². The molecule has 1 unspecified atom stereocenters. The van der Waals surface area contributed by atoms with E-state index in [1.165, 1.54) is 30.4 Å². The molecule has 51 heavy (non-hydrogen) atoms. The number of nitrogens with zero attached hydrogens (tertiary/aromatic N) is 3. The van der Waals surface area contributed by atoms with Gasteiger partial charge in [-0.15, -0.1) is 0 Å². The summed E-state index contributed by atoms with van der Waals surface area (Å²) < 4.78 is 35.9. The van der Waals surface area contributed by atoms with Gasteiger partial charge < -0.3 is 24.2 Å². The number of carbonyl (C=O) groups excluding carboxylic acids is 2. The summed E-state index contributed by atoms with van der Waals surface area (Å²) in [6, 6.07) is 9.58. The predicted octanol–water partition coefficient (Wildman–Crippen LogP) is 5.97. The van der Waals surface area contributed by atoms with Gasteiger partial charge in [0.2, 0.25) is 9.84 Å². The van der Waals surface area contributed by atoms with Crippen molar-refractivity contribution in [2.45, 2.75) is 71.9 Å². The third-order valence-corrected chi connectivity index (χ3v) is 8.13. The molecule has 0 aliphatic rings. The molecule has 1 atom stereocenters. The van der Waals surface area contributed by atoms with Crippen LogP contribution in [0.4, 0.5) is 0 Å². The molecular weight excluding hydrogens is 676 g/mol. The number of nitrogens with one attached hydrogen (secondary N) is 1. The van der Waals surface area contributed by atoms with Crippen LogP contribution in [0.25, 0.3) is 0 Å². The van der Waals surface area contributed by atoms with Crippen LogP contribution >= 0.6 is 0 Å². The van der Waals surface area contributed by atoms with Gasteiger partial charge in [-0.3, -0.25) is 4.84 Å². The molecule has 0 amide bonds. The normalized spacial score (nSPS) is 12.5. The van der Waals surface area contributed by atoms with Crippen molar-refractivity contribution in [2.24, 2.45) is 5.92 Å². The molecule has 0 heterocycles. The number of allylic oxidation sites excluding steroid dienone is 5. The second-order valence-electron chi connectivity index (χ2n) is 11.1. The number of benzene rings is 1. The summed E-state index contributed by atoms with van der Waals surface area (Å²) in [5, 5.41) is 8.62. The van der Waals surface area contributed by atoms with Gasteiger partial charge in [0.25, 0.3) is 0 Å². The molecule has 13 nitrogen and oxygen atoms in total. The average Bonchev–Trinajstić information content (AvgIpc) is 3.09. The average molecular weight is 733 g/mol. The van der Waals surface area contributed by atoms with E-state index in [0.29, 0.717) is 31.9 Å². The molecule has 0 radical (unpaired) electrons. The fourth-order valence-corrected chi connectivity index (χ4v) is 5.22. The first-order valence-electron chi connectivity index (χ1n) is 16.9. The zero-order valence-corrected chi connectivity index (χ0v) is 32.1. The number of nitriles is 1. The van der Waals surface area contributed by atoms with E-state index in [1.807, 2.05) is 46.7 Å². The molecule has 0 fully saturated rings. The molecule has 0 aromatic heterocycles. The summed E-state index contributed by atoms with van der Waals surface area (Å²) in [6.45, 7) is 17.0. The summed E-state index contributed by atoms with van der Waals surface area (Å²) in [5.41, 5.74) is 3.02. The summed E-state index contributed by atoms with van der Waals surface area (Å²) in [4.78, 5) is 42.7. The van der Waals surface area contributed by atoms with Crippen molar-refractivity contribution in [1.29, 1.82) is 5.26 Å². The van der Waals surface area contributed by atoms with E-state index in [1.54, 1.807) is 61.5 Å². The van der Waals surface area contributed by atoms with Gasteiger partial charge in [-0.25, -0.2) is 23.5 Å². The Hall–Kier alpha value is -4.42. The minimum absolute atomic E-state index is 0.00458. The summed E-state index contributed by atoms with van der Waals surface area (Å²) in [7, 11) is -0.352. The van der Waals surface area contributed by atoms with E-state index in [9.17, 15) is 18.0 Å². The summed E-state index contributed by atoms with van der Waals surface area (Å²) in [6.07, 6.45) is 11.4. The van der Waals surface area contributed by atoms with Crippen LogP contribution in [0.15, 0.2) is 94.7 Å². The maximum absolute atomic E-state index is 13.1. The number of hydrogen-bond acceptors (Lipinski definition) is 13. The van der Waals surface area contributed by atoms with Crippen LogP contribution in [0.3, 0.4) is 0 Å². The third kappa shape index (κ3) is 19.5. The smallest absolute Gasteiger partial charge is 0.350 e. The fraction of sp³-hybridized carbons (Fsp3) is 0.486. The molecule has 284 valence electrons. The highest BCUT2D eigenvalue weighted by Gasteiger charge is 2.27. The first kappa shape index (κ1) is 46.6. The van der Waals surface area contributed by atoms with E-state index in [2.05, 4.69) is 16.8 Å². The molecular formula is C37H56N4O9S. The van der Waals surface area contributed by atoms with Gasteiger partial charge in [-0.05, 0) is 83.2 Å². The van der Waals surface area contributed by atoms with Crippen molar-refractivity contribution in [3.8, 4) is 6.07 Å². The Morgan fingerprint density at radius 1 is 0.941 bits per heavy atom. The number of ether oxygens (including phenoxy) is 2. The number of carbonyl (C=O) groups is 2. The first-order chi connectivity index (χ1) is 24.3. The van der Waals surface area contributed by atoms with Gasteiger partial charge in [0, 0.05) is 45.7 Å². The SMILES string of the molecule is C=C(CCCCNOC(C(C)C)N(C=CC=C(C(=O)OCC)S(=O)(=O)c1ccccc1)CC)OOCC.CCOC(=O)C(C#N)=CC=CN(C)C. The first-order valence-corrected chi connectivity index (χ1v) is 18.4. The Kier molecular flexibility index (Phi) is 25.0. The molecule has 1 N–H and O–H groups in total. The third-order valence-electron chi connectivity index (χ3n) is 6.35. The highest BCUT2D eigenvalue weighted by atomic mass is 32.2. The van der Waals surface area contributed by atoms with Gasteiger partial charge in [-0.2, -0.15) is 10.1 Å². The van der Waals surface area contributed by atoms with Gasteiger partial charge in [-0.1, -0.05) is 38.6 Å². The second kappa shape index (κ2) is 27.3. The Morgan fingerprint density at radius 3 is 2.12 bits per heavy atom. The van der Waals surface area contributed by atoms with Crippen molar-refractivity contribution in [2.75, 3.05) is 47.0 Å². The zero-order valence-electron chi connectivity index (χ0n) is 31.3. The molecule has 1 rings (SSSR count). The topological polar surface area (TPSA) is 157 Å². The molecule has 1 aromatic rings. The Labute approximate surface area is 304 Å². The molecule has 0 aliphatic heterocycles. The van der Waals surface area contributed by atoms with E-state index >= 15 is 0 Å². The van der Waals surface area contributed by atoms with Crippen LogP contribution in [-0.2, 0) is 43.5 Å². The molecule has 0 spiro atoms. The van der Waals surface area contributed by atoms with Crippen LogP contribution in [-0.4, -0.2) is 83.4 Å². The Morgan fingerprint density at radius 2 is 1.57 bits per heavy atom. The zero-order chi connectivity index (χ0) is 38.7. The van der Waals surface area contributed by atoms with E-state index < -0.39 is 26.7 Å². The highest BCUT2D eigenvalue weighted by Crippen LogP contribution is 2.21. The maximum Gasteiger partial charge on any atom is 0.350 e. The molecule has 1 aromatic carbocycles. The number of esters is 2. The van der Waals surface area contributed by atoms with Gasteiger partial charge in [0.15, 0.2) is 11.1 Å². The molecule has 0 aliphatic carbocycles. The molecule has 0 bridgehead atoms. The van der Waals surface area contributed by atoms with Gasteiger partial charge in [0.1, 0.15) is 17.4 Å². The van der Waals surface area contributed by atoms with Crippen molar-refractivity contribution in [1.82, 2.24) is 15.3 Å². The standard InChI is InChI=1S/C27H42N2O7S.C10H14N2O2/c1-7-29(26(22(4)5)35-28-20-14-13-16-23(6)36-34-9-3)21-15-19-25(27(30)33-8-2)37(31,32)24-17-11-10-12-18-24;1-4-14-10(13)9(8-11)6-5-7-12(2)3/h10-12,15,17-19,21-22,26,28H,6-9,13-14,16,20H2,1-5H3;5-7H,4H2,1-3H3. The lowest BCUT2D eigenvalue weighted by molar-refractivity contribution is -0.259. The van der Waals surface area contributed by atoms with Gasteiger partial charge in [0.05, 0.1) is 24.7 Å². The van der Waals surface area contributed by atoms with E-state index in [0.717, 1.165) is 12.8 Å². The van der Waals surface area contributed by atoms with Crippen molar-refractivity contribution in [3.05, 3.63) is 89.9 Å². The minimum Gasteiger partial charge on any atom is -0.462 e. The predicted molar refractivity (Wildman–Crippen MR) is 196 cm³/mol. The number of hydrogen-bond donors (Lipinski definition) is 1. The van der Waals surface area contributed by atoms with Crippen LogP contribution in [0.1, 0.15) is 60.8 Å². The van der Waals surface area contributed by atoms with Crippen molar-refractivity contribution >= 4 is 21.8 Å². The van der Waals surface area contributed by atoms with Crippen LogP contribution in [0.2, 0.25) is 0 Å². The van der Waals surface area contributed by atoms with Gasteiger partial charge >= 0.3 is 11.9 Å². The van der Waals surface area contributed by atoms with E-state index in [-0.39, 0.29) is 35.8 Å². The molecule has 0 saturated carbocycles. The Bertz CT molecular complexity index is 1450. The maximum atomic E-state index is 13.1. The fourth-order valence-electron chi connectivity index (χ4n) is 3.91. The van der Waals surface area contributed by atoms with Crippen LogP contribution in [0, 0.1) is 17.2 Å². The Balaban J connectivity index is 0.00000150. The monoisotopic (exact) mass is 732 g/mol. The quantitative estimate of drug-likeness (QED) is 0.0162. The minimum atomic E-state index is -4.05.